The summed E-state index contributed by atoms with van der Waals surface area (Å²) in [4.78, 5) is 14.1. The second-order valence-corrected chi connectivity index (χ2v) is 6.08. The van der Waals surface area contributed by atoms with Gasteiger partial charge in [-0.3, -0.25) is 4.90 Å². The molecule has 2 aliphatic heterocycles. The van der Waals surface area contributed by atoms with E-state index >= 15 is 0 Å². The van der Waals surface area contributed by atoms with Crippen molar-refractivity contribution in [3.8, 4) is 0 Å². The van der Waals surface area contributed by atoms with Gasteiger partial charge in [0.15, 0.2) is 0 Å². The number of anilines is 1. The summed E-state index contributed by atoms with van der Waals surface area (Å²) < 4.78 is 5.77. The smallest absolute Gasteiger partial charge is 0.415 e. The third-order valence-corrected chi connectivity index (χ3v) is 4.62. The van der Waals surface area contributed by atoms with Gasteiger partial charge in [-0.1, -0.05) is 18.2 Å². The van der Waals surface area contributed by atoms with Gasteiger partial charge in [-0.2, -0.15) is 0 Å². The van der Waals surface area contributed by atoms with E-state index in [0.717, 1.165) is 37.2 Å². The molecule has 0 spiro atoms. The maximum Gasteiger partial charge on any atom is 0.415 e. The molecule has 1 amide bonds. The van der Waals surface area contributed by atoms with Gasteiger partial charge in [0, 0.05) is 5.92 Å². The first-order chi connectivity index (χ1) is 9.60. The zero-order chi connectivity index (χ0) is 14.2. The topological polar surface area (TPSA) is 41.6 Å². The number of hydrogen-bond donors (Lipinski definition) is 1. The highest BCUT2D eigenvalue weighted by Gasteiger charge is 2.47. The van der Waals surface area contributed by atoms with Crippen molar-refractivity contribution in [2.75, 3.05) is 24.5 Å². The van der Waals surface area contributed by atoms with Crippen LogP contribution in [0.2, 0.25) is 0 Å². The number of aryl methyl sites for hydroxylation is 1. The summed E-state index contributed by atoms with van der Waals surface area (Å²) in [6.45, 7) is 6.80. The Morgan fingerprint density at radius 2 is 2.00 bits per heavy atom. The first-order valence-corrected chi connectivity index (χ1v) is 7.37. The molecule has 1 unspecified atom stereocenters. The molecule has 1 N–H and O–H groups in total. The summed E-state index contributed by atoms with van der Waals surface area (Å²) in [6.07, 6.45) is 1.94. The summed E-state index contributed by atoms with van der Waals surface area (Å²) in [5, 5.41) is 3.36. The number of ether oxygens (including phenoxy) is 1. The molecule has 1 aromatic rings. The quantitative estimate of drug-likeness (QED) is 0.901. The summed E-state index contributed by atoms with van der Waals surface area (Å²) in [5.41, 5.74) is 1.72. The summed E-state index contributed by atoms with van der Waals surface area (Å²) in [7, 11) is 0. The minimum atomic E-state index is -0.360. The third-order valence-electron chi connectivity index (χ3n) is 4.62. The van der Waals surface area contributed by atoms with Crippen LogP contribution in [0.25, 0.3) is 0 Å². The molecule has 2 fully saturated rings. The van der Waals surface area contributed by atoms with Crippen LogP contribution in [0, 0.1) is 12.8 Å². The van der Waals surface area contributed by atoms with Gasteiger partial charge in [-0.25, -0.2) is 4.79 Å². The average Bonchev–Trinajstić information content (AvgIpc) is 2.77. The Morgan fingerprint density at radius 1 is 1.30 bits per heavy atom. The molecule has 0 saturated carbocycles. The molecule has 4 nitrogen and oxygen atoms in total. The van der Waals surface area contributed by atoms with E-state index < -0.39 is 0 Å². The molecule has 2 saturated heterocycles. The SMILES string of the molecule is Cc1ccccc1N1CC(C)(C2CCNCC2)OC1=O. The molecule has 0 bridgehead atoms. The van der Waals surface area contributed by atoms with E-state index in [1.165, 1.54) is 0 Å². The fraction of sp³-hybridized carbons (Fsp3) is 0.562. The Morgan fingerprint density at radius 3 is 2.70 bits per heavy atom. The molecule has 4 heteroatoms. The molecule has 108 valence electrons. The lowest BCUT2D eigenvalue weighted by atomic mass is 9.82. The van der Waals surface area contributed by atoms with Crippen molar-refractivity contribution in [2.24, 2.45) is 5.92 Å². The Labute approximate surface area is 120 Å². The van der Waals surface area contributed by atoms with Gasteiger partial charge in [-0.05, 0) is 51.4 Å². The van der Waals surface area contributed by atoms with E-state index in [2.05, 4.69) is 12.2 Å². The standard InChI is InChI=1S/C16H22N2O2/c1-12-5-3-4-6-14(12)18-11-16(2,20-15(18)19)13-7-9-17-10-8-13/h3-6,13,17H,7-11H2,1-2H3. The number of nitrogens with one attached hydrogen (secondary N) is 1. The number of rotatable bonds is 2. The van der Waals surface area contributed by atoms with Gasteiger partial charge < -0.3 is 10.1 Å². The van der Waals surface area contributed by atoms with E-state index in [-0.39, 0.29) is 11.7 Å². The van der Waals surface area contributed by atoms with Crippen LogP contribution < -0.4 is 10.2 Å². The number of nitrogens with zero attached hydrogens (tertiary/aromatic N) is 1. The maximum atomic E-state index is 12.3. The summed E-state index contributed by atoms with van der Waals surface area (Å²) >= 11 is 0. The van der Waals surface area contributed by atoms with Crippen molar-refractivity contribution in [2.45, 2.75) is 32.3 Å². The normalized spacial score (nSPS) is 27.7. The number of cyclic esters (lactones) is 1. The van der Waals surface area contributed by atoms with Gasteiger partial charge in [0.05, 0.1) is 12.2 Å². The highest BCUT2D eigenvalue weighted by molar-refractivity contribution is 5.91. The monoisotopic (exact) mass is 274 g/mol. The molecule has 0 radical (unpaired) electrons. The van der Waals surface area contributed by atoms with Crippen molar-refractivity contribution in [1.82, 2.24) is 5.32 Å². The lowest BCUT2D eigenvalue weighted by Gasteiger charge is -2.34. The molecule has 0 aliphatic carbocycles. The van der Waals surface area contributed by atoms with Crippen LogP contribution in [0.4, 0.5) is 10.5 Å². The third kappa shape index (κ3) is 2.29. The number of hydrogen-bond acceptors (Lipinski definition) is 3. The highest BCUT2D eigenvalue weighted by Crippen LogP contribution is 2.37. The van der Waals surface area contributed by atoms with Crippen LogP contribution in [-0.2, 0) is 4.74 Å². The average molecular weight is 274 g/mol. The summed E-state index contributed by atoms with van der Waals surface area (Å²) in [5.74, 6) is 0.446. The first kappa shape index (κ1) is 13.4. The summed E-state index contributed by atoms with van der Waals surface area (Å²) in [6, 6.07) is 7.98. The second-order valence-electron chi connectivity index (χ2n) is 6.08. The van der Waals surface area contributed by atoms with Crippen molar-refractivity contribution in [3.63, 3.8) is 0 Å². The molecule has 20 heavy (non-hydrogen) atoms. The Kier molecular flexibility index (Phi) is 3.42. The largest absolute Gasteiger partial charge is 0.441 e. The minimum absolute atomic E-state index is 0.208. The van der Waals surface area contributed by atoms with Crippen LogP contribution in [-0.4, -0.2) is 31.3 Å². The van der Waals surface area contributed by atoms with Crippen molar-refractivity contribution in [1.29, 1.82) is 0 Å². The molecule has 2 aliphatic rings. The number of benzene rings is 1. The van der Waals surface area contributed by atoms with Crippen LogP contribution in [0.5, 0.6) is 0 Å². The van der Waals surface area contributed by atoms with E-state index in [1.807, 2.05) is 31.2 Å². The second kappa shape index (κ2) is 5.09. The van der Waals surface area contributed by atoms with Gasteiger partial charge in [0.25, 0.3) is 0 Å². The number of para-hydroxylation sites is 1. The van der Waals surface area contributed by atoms with Gasteiger partial charge in [0.2, 0.25) is 0 Å². The first-order valence-electron chi connectivity index (χ1n) is 7.37. The van der Waals surface area contributed by atoms with Crippen molar-refractivity contribution in [3.05, 3.63) is 29.8 Å². The lowest BCUT2D eigenvalue weighted by molar-refractivity contribution is 0.00962. The molecule has 0 aromatic heterocycles. The predicted molar refractivity (Wildman–Crippen MR) is 79.0 cm³/mol. The Bertz CT molecular complexity index is 511. The Balaban J connectivity index is 1.83. The van der Waals surface area contributed by atoms with Crippen LogP contribution in [0.15, 0.2) is 24.3 Å². The molecule has 2 heterocycles. The fourth-order valence-corrected chi connectivity index (χ4v) is 3.36. The number of amides is 1. The zero-order valence-corrected chi connectivity index (χ0v) is 12.2. The van der Waals surface area contributed by atoms with Gasteiger partial charge >= 0.3 is 6.09 Å². The lowest BCUT2D eigenvalue weighted by Crippen LogP contribution is -2.44. The molecular formula is C16H22N2O2. The molecular weight excluding hydrogens is 252 g/mol. The van der Waals surface area contributed by atoms with Crippen molar-refractivity contribution < 1.29 is 9.53 Å². The van der Waals surface area contributed by atoms with Crippen LogP contribution >= 0.6 is 0 Å². The minimum Gasteiger partial charge on any atom is -0.441 e. The zero-order valence-electron chi connectivity index (χ0n) is 12.2. The van der Waals surface area contributed by atoms with Crippen LogP contribution in [0.1, 0.15) is 25.3 Å². The predicted octanol–water partition coefficient (Wildman–Crippen LogP) is 2.71. The van der Waals surface area contributed by atoms with Gasteiger partial charge in [-0.15, -0.1) is 0 Å². The maximum absolute atomic E-state index is 12.3. The van der Waals surface area contributed by atoms with Crippen molar-refractivity contribution >= 4 is 11.8 Å². The number of piperidine rings is 1. The van der Waals surface area contributed by atoms with E-state index in [9.17, 15) is 4.79 Å². The number of carbonyl (C=O) groups excluding carboxylic acids is 1. The van der Waals surface area contributed by atoms with Gasteiger partial charge in [0.1, 0.15) is 5.60 Å². The molecule has 3 rings (SSSR count). The Hall–Kier alpha value is -1.55. The highest BCUT2D eigenvalue weighted by atomic mass is 16.6. The fourth-order valence-electron chi connectivity index (χ4n) is 3.36. The van der Waals surface area contributed by atoms with E-state index in [4.69, 9.17) is 4.74 Å². The number of carbonyl (C=O) groups is 1. The van der Waals surface area contributed by atoms with E-state index in [1.54, 1.807) is 4.90 Å². The van der Waals surface area contributed by atoms with E-state index in [0.29, 0.717) is 12.5 Å². The molecule has 1 atom stereocenters. The van der Waals surface area contributed by atoms with Crippen LogP contribution in [0.3, 0.4) is 0 Å². The molecule has 1 aromatic carbocycles.